The number of nitrogens with zero attached hydrogens (tertiary/aromatic N) is 1. The van der Waals surface area contributed by atoms with Crippen LogP contribution < -0.4 is 5.32 Å². The minimum Gasteiger partial charge on any atom is -0.312 e. The number of hydrogen-bond donors (Lipinski definition) is 1. The summed E-state index contributed by atoms with van der Waals surface area (Å²) in [5.74, 6) is 0.304. The molecule has 1 saturated heterocycles. The molecular weight excluding hydrogens is 380 g/mol. The molecule has 0 radical (unpaired) electrons. The van der Waals surface area contributed by atoms with E-state index in [0.29, 0.717) is 17.9 Å². The van der Waals surface area contributed by atoms with Crippen molar-refractivity contribution >= 4 is 5.78 Å². The first kappa shape index (κ1) is 25.3. The van der Waals surface area contributed by atoms with Gasteiger partial charge >= 0.3 is 0 Å². The molecule has 1 heterocycles. The third-order valence-electron chi connectivity index (χ3n) is 6.75. The molecule has 1 fully saturated rings. The Kier molecular flexibility index (Phi) is 10.4. The summed E-state index contributed by atoms with van der Waals surface area (Å²) in [5.41, 5.74) is 2.24. The SMILES string of the molecule is CC(=O)C1(c2ccccc2)CCN(Cc2ccccc2)CC1.CCC(C)NC(C)CC. The zero-order valence-electron chi connectivity index (χ0n) is 20.2. The molecule has 0 aliphatic carbocycles. The Balaban J connectivity index is 0.000000323. The van der Waals surface area contributed by atoms with Crippen LogP contribution in [0.2, 0.25) is 0 Å². The Bertz CT molecular complexity index is 743. The maximum atomic E-state index is 12.4. The van der Waals surface area contributed by atoms with E-state index in [0.717, 1.165) is 32.5 Å². The minimum absolute atomic E-state index is 0.283. The molecule has 0 amide bonds. The van der Waals surface area contributed by atoms with Gasteiger partial charge in [-0.1, -0.05) is 74.5 Å². The monoisotopic (exact) mass is 422 g/mol. The molecule has 31 heavy (non-hydrogen) atoms. The lowest BCUT2D eigenvalue weighted by Gasteiger charge is -2.40. The smallest absolute Gasteiger partial charge is 0.140 e. The van der Waals surface area contributed by atoms with Gasteiger partial charge in [-0.05, 0) is 70.7 Å². The highest BCUT2D eigenvalue weighted by Gasteiger charge is 2.40. The van der Waals surface area contributed by atoms with Gasteiger partial charge in [0, 0.05) is 18.6 Å². The summed E-state index contributed by atoms with van der Waals surface area (Å²) in [6.45, 7) is 13.6. The van der Waals surface area contributed by atoms with E-state index < -0.39 is 0 Å². The lowest BCUT2D eigenvalue weighted by molar-refractivity contribution is -0.124. The van der Waals surface area contributed by atoms with Gasteiger partial charge in [-0.25, -0.2) is 0 Å². The van der Waals surface area contributed by atoms with E-state index in [9.17, 15) is 4.79 Å². The summed E-state index contributed by atoms with van der Waals surface area (Å²) in [5, 5.41) is 3.48. The molecule has 0 saturated carbocycles. The van der Waals surface area contributed by atoms with Crippen LogP contribution in [0.1, 0.15) is 71.4 Å². The summed E-state index contributed by atoms with van der Waals surface area (Å²) in [4.78, 5) is 14.8. The fourth-order valence-electron chi connectivity index (χ4n) is 4.26. The molecule has 170 valence electrons. The van der Waals surface area contributed by atoms with Crippen molar-refractivity contribution in [2.24, 2.45) is 0 Å². The fraction of sp³-hybridized carbons (Fsp3) is 0.536. The summed E-state index contributed by atoms with van der Waals surface area (Å²) in [6, 6.07) is 22.2. The number of likely N-dealkylation sites (tertiary alicyclic amines) is 1. The van der Waals surface area contributed by atoms with Gasteiger partial charge in [0.05, 0.1) is 5.41 Å². The molecule has 2 unspecified atom stereocenters. The molecule has 0 spiro atoms. The number of benzene rings is 2. The van der Waals surface area contributed by atoms with E-state index in [1.807, 2.05) is 18.2 Å². The summed E-state index contributed by atoms with van der Waals surface area (Å²) >= 11 is 0. The van der Waals surface area contributed by atoms with E-state index in [4.69, 9.17) is 0 Å². The van der Waals surface area contributed by atoms with Crippen molar-refractivity contribution in [2.45, 2.75) is 84.3 Å². The Morgan fingerprint density at radius 3 is 1.84 bits per heavy atom. The first-order chi connectivity index (χ1) is 14.9. The van der Waals surface area contributed by atoms with Gasteiger partial charge in [-0.15, -0.1) is 0 Å². The van der Waals surface area contributed by atoms with Gasteiger partial charge in [0.1, 0.15) is 5.78 Å². The predicted molar refractivity (Wildman–Crippen MR) is 132 cm³/mol. The van der Waals surface area contributed by atoms with Crippen molar-refractivity contribution in [3.8, 4) is 0 Å². The molecule has 3 heteroatoms. The van der Waals surface area contributed by atoms with Crippen LogP contribution in [0.15, 0.2) is 60.7 Å². The number of hydrogen-bond acceptors (Lipinski definition) is 3. The van der Waals surface area contributed by atoms with Gasteiger partial charge < -0.3 is 5.32 Å². The third-order valence-corrected chi connectivity index (χ3v) is 6.75. The zero-order chi connectivity index (χ0) is 22.7. The topological polar surface area (TPSA) is 32.3 Å². The molecule has 3 nitrogen and oxygen atoms in total. The normalized spacial score (nSPS) is 17.8. The Morgan fingerprint density at radius 2 is 1.39 bits per heavy atom. The van der Waals surface area contributed by atoms with Crippen molar-refractivity contribution in [1.82, 2.24) is 10.2 Å². The molecule has 0 aromatic heterocycles. The molecular formula is C28H42N2O. The van der Waals surface area contributed by atoms with Gasteiger partial charge in [-0.3, -0.25) is 9.69 Å². The van der Waals surface area contributed by atoms with Crippen LogP contribution in [0.4, 0.5) is 0 Å². The number of Topliss-reactive ketones (excluding diaryl/α,β-unsaturated/α-hetero) is 1. The van der Waals surface area contributed by atoms with E-state index in [1.54, 1.807) is 6.92 Å². The van der Waals surface area contributed by atoms with Crippen LogP contribution in [0.3, 0.4) is 0 Å². The fourth-order valence-corrected chi connectivity index (χ4v) is 4.26. The molecule has 1 aliphatic heterocycles. The average molecular weight is 423 g/mol. The average Bonchev–Trinajstić information content (AvgIpc) is 2.81. The second-order valence-electron chi connectivity index (χ2n) is 9.05. The van der Waals surface area contributed by atoms with Crippen LogP contribution in [0.5, 0.6) is 0 Å². The lowest BCUT2D eigenvalue weighted by Crippen LogP contribution is -2.46. The highest BCUT2D eigenvalue weighted by Crippen LogP contribution is 2.36. The summed E-state index contributed by atoms with van der Waals surface area (Å²) in [7, 11) is 0. The quantitative estimate of drug-likeness (QED) is 0.568. The van der Waals surface area contributed by atoms with Gasteiger partial charge in [0.25, 0.3) is 0 Å². The second kappa shape index (κ2) is 12.8. The predicted octanol–water partition coefficient (Wildman–Crippen LogP) is 5.98. The van der Waals surface area contributed by atoms with E-state index in [2.05, 4.69) is 80.4 Å². The van der Waals surface area contributed by atoms with Crippen LogP contribution in [0.25, 0.3) is 0 Å². The first-order valence-electron chi connectivity index (χ1n) is 12.0. The summed E-state index contributed by atoms with van der Waals surface area (Å²) in [6.07, 6.45) is 4.28. The van der Waals surface area contributed by atoms with Gasteiger partial charge in [0.15, 0.2) is 0 Å². The number of nitrogens with one attached hydrogen (secondary N) is 1. The molecule has 3 rings (SSSR count). The standard InChI is InChI=1S/C20H23NO.C8H19N/c1-17(22)20(19-10-6-3-7-11-19)12-14-21(15-13-20)16-18-8-4-2-5-9-18;1-5-7(3)9-8(4)6-2/h2-11H,12-16H2,1H3;7-9H,5-6H2,1-4H3. The molecule has 2 atom stereocenters. The van der Waals surface area contributed by atoms with E-state index in [1.165, 1.54) is 24.0 Å². The van der Waals surface area contributed by atoms with Crippen molar-refractivity contribution in [1.29, 1.82) is 0 Å². The maximum absolute atomic E-state index is 12.4. The first-order valence-corrected chi connectivity index (χ1v) is 12.0. The molecule has 1 aliphatic rings. The van der Waals surface area contributed by atoms with Gasteiger partial charge in [-0.2, -0.15) is 0 Å². The van der Waals surface area contributed by atoms with Crippen molar-refractivity contribution in [3.05, 3.63) is 71.8 Å². The number of piperidine rings is 1. The van der Waals surface area contributed by atoms with Crippen LogP contribution in [0, 0.1) is 0 Å². The highest BCUT2D eigenvalue weighted by molar-refractivity contribution is 5.88. The van der Waals surface area contributed by atoms with Crippen molar-refractivity contribution in [2.75, 3.05) is 13.1 Å². The highest BCUT2D eigenvalue weighted by atomic mass is 16.1. The molecule has 2 aromatic carbocycles. The number of rotatable bonds is 8. The largest absolute Gasteiger partial charge is 0.312 e. The minimum atomic E-state index is -0.283. The van der Waals surface area contributed by atoms with Crippen LogP contribution in [-0.2, 0) is 16.8 Å². The molecule has 0 bridgehead atoms. The molecule has 2 aromatic rings. The number of carbonyl (C=O) groups is 1. The van der Waals surface area contributed by atoms with Crippen LogP contribution in [-0.4, -0.2) is 35.9 Å². The Labute approximate surface area is 190 Å². The third kappa shape index (κ3) is 7.59. The number of ketones is 1. The molecule has 1 N–H and O–H groups in total. The zero-order valence-corrected chi connectivity index (χ0v) is 20.2. The summed E-state index contributed by atoms with van der Waals surface area (Å²) < 4.78 is 0. The van der Waals surface area contributed by atoms with Gasteiger partial charge in [0.2, 0.25) is 0 Å². The second-order valence-corrected chi connectivity index (χ2v) is 9.05. The van der Waals surface area contributed by atoms with Crippen molar-refractivity contribution < 1.29 is 4.79 Å². The Morgan fingerprint density at radius 1 is 0.903 bits per heavy atom. The van der Waals surface area contributed by atoms with Crippen LogP contribution >= 0.6 is 0 Å². The number of carbonyl (C=O) groups excluding carboxylic acids is 1. The Hall–Kier alpha value is -1.97. The van der Waals surface area contributed by atoms with E-state index in [-0.39, 0.29) is 5.41 Å². The van der Waals surface area contributed by atoms with E-state index >= 15 is 0 Å². The maximum Gasteiger partial charge on any atom is 0.140 e. The lowest BCUT2D eigenvalue weighted by atomic mass is 9.70. The van der Waals surface area contributed by atoms with Crippen molar-refractivity contribution in [3.63, 3.8) is 0 Å².